The van der Waals surface area contributed by atoms with Crippen molar-refractivity contribution in [2.75, 3.05) is 12.3 Å². The maximum atomic E-state index is 9.55. The summed E-state index contributed by atoms with van der Waals surface area (Å²) in [6.07, 6.45) is -0.914. The van der Waals surface area contributed by atoms with E-state index in [9.17, 15) is 10.2 Å². The second-order valence-electron chi connectivity index (χ2n) is 2.88. The van der Waals surface area contributed by atoms with Crippen molar-refractivity contribution in [2.45, 2.75) is 12.2 Å². The minimum absolute atomic E-state index is 0.0646. The molecule has 0 bridgehead atoms. The molecule has 0 aliphatic rings. The Morgan fingerprint density at radius 3 is 2.64 bits per heavy atom. The smallest absolute Gasteiger partial charge is 0.125 e. The fourth-order valence-electron chi connectivity index (χ4n) is 1.02. The van der Waals surface area contributed by atoms with Gasteiger partial charge in [-0.15, -0.1) is 0 Å². The van der Waals surface area contributed by atoms with Crippen LogP contribution in [0.3, 0.4) is 0 Å². The first-order valence-electron chi connectivity index (χ1n) is 4.03. The molecule has 6 heteroatoms. The molecule has 2 atom stereocenters. The Morgan fingerprint density at radius 1 is 1.50 bits per heavy atom. The molecule has 0 aromatic carbocycles. The number of nitrogens with zero attached hydrogens (tertiary/aromatic N) is 1. The third-order valence-corrected chi connectivity index (χ3v) is 2.01. The highest BCUT2D eigenvalue weighted by molar-refractivity contribution is 6.30. The number of hydrogen-bond donors (Lipinski definition) is 4. The minimum Gasteiger partial charge on any atom is -0.397 e. The standard InChI is InChI=1S/C8H12ClN3O2/c9-4-1-5(11)7(12-3-4)8(14)6(13)2-10/h1,3,6,8,13-14H,2,10-11H2. The predicted octanol–water partition coefficient (Wildman–Crippen LogP) is -0.330. The van der Waals surface area contributed by atoms with Crippen LogP contribution in [0.1, 0.15) is 11.8 Å². The number of pyridine rings is 1. The Hall–Kier alpha value is -0.880. The number of anilines is 1. The number of rotatable bonds is 3. The van der Waals surface area contributed by atoms with Gasteiger partial charge < -0.3 is 21.7 Å². The summed E-state index contributed by atoms with van der Waals surface area (Å²) in [4.78, 5) is 3.82. The van der Waals surface area contributed by atoms with Crippen molar-refractivity contribution in [3.8, 4) is 0 Å². The summed E-state index contributed by atoms with van der Waals surface area (Å²) in [6.45, 7) is -0.0646. The minimum atomic E-state index is -1.18. The number of nitrogens with two attached hydrogens (primary N) is 2. The Labute approximate surface area is 86.3 Å². The summed E-state index contributed by atoms with van der Waals surface area (Å²) in [6, 6.07) is 1.45. The first-order valence-corrected chi connectivity index (χ1v) is 4.41. The number of aliphatic hydroxyl groups is 2. The third-order valence-electron chi connectivity index (χ3n) is 1.80. The summed E-state index contributed by atoms with van der Waals surface area (Å²) in [5.74, 6) is 0. The molecule has 6 N–H and O–H groups in total. The second kappa shape index (κ2) is 4.56. The zero-order valence-electron chi connectivity index (χ0n) is 7.39. The van der Waals surface area contributed by atoms with Crippen LogP contribution in [0.2, 0.25) is 5.02 Å². The van der Waals surface area contributed by atoms with Crippen LogP contribution in [0.5, 0.6) is 0 Å². The van der Waals surface area contributed by atoms with Gasteiger partial charge in [0.15, 0.2) is 0 Å². The molecule has 0 aliphatic heterocycles. The Bertz CT molecular complexity index is 321. The molecule has 0 saturated carbocycles. The van der Waals surface area contributed by atoms with E-state index in [2.05, 4.69) is 4.98 Å². The molecule has 5 nitrogen and oxygen atoms in total. The van der Waals surface area contributed by atoms with Crippen molar-refractivity contribution in [1.29, 1.82) is 0 Å². The summed E-state index contributed by atoms with van der Waals surface area (Å²) in [5, 5.41) is 19.2. The van der Waals surface area contributed by atoms with Crippen molar-refractivity contribution in [1.82, 2.24) is 4.98 Å². The van der Waals surface area contributed by atoms with Gasteiger partial charge in [-0.05, 0) is 6.07 Å². The van der Waals surface area contributed by atoms with E-state index in [1.54, 1.807) is 0 Å². The lowest BCUT2D eigenvalue weighted by molar-refractivity contribution is 0.0222. The van der Waals surface area contributed by atoms with Crippen LogP contribution in [0, 0.1) is 0 Å². The largest absolute Gasteiger partial charge is 0.397 e. The van der Waals surface area contributed by atoms with Gasteiger partial charge in [-0.25, -0.2) is 0 Å². The van der Waals surface area contributed by atoms with Crippen LogP contribution in [0.25, 0.3) is 0 Å². The fourth-order valence-corrected chi connectivity index (χ4v) is 1.19. The monoisotopic (exact) mass is 217 g/mol. The van der Waals surface area contributed by atoms with Gasteiger partial charge in [-0.2, -0.15) is 0 Å². The van der Waals surface area contributed by atoms with E-state index in [4.69, 9.17) is 23.1 Å². The van der Waals surface area contributed by atoms with Crippen LogP contribution in [0.4, 0.5) is 5.69 Å². The molecule has 0 spiro atoms. The zero-order valence-corrected chi connectivity index (χ0v) is 8.15. The molecular weight excluding hydrogens is 206 g/mol. The average molecular weight is 218 g/mol. The normalized spacial score (nSPS) is 15.1. The highest BCUT2D eigenvalue weighted by Crippen LogP contribution is 2.22. The number of hydrogen-bond acceptors (Lipinski definition) is 5. The molecule has 1 aromatic heterocycles. The first-order chi connectivity index (χ1) is 6.56. The van der Waals surface area contributed by atoms with Crippen LogP contribution < -0.4 is 11.5 Å². The molecule has 0 fully saturated rings. The lowest BCUT2D eigenvalue weighted by Gasteiger charge is -2.16. The Kier molecular flexibility index (Phi) is 3.65. The molecule has 1 heterocycles. The van der Waals surface area contributed by atoms with E-state index in [1.807, 2.05) is 0 Å². The van der Waals surface area contributed by atoms with Crippen LogP contribution in [0.15, 0.2) is 12.3 Å². The highest BCUT2D eigenvalue weighted by atomic mass is 35.5. The van der Waals surface area contributed by atoms with Gasteiger partial charge in [0.2, 0.25) is 0 Å². The molecule has 0 saturated heterocycles. The summed E-state index contributed by atoms with van der Waals surface area (Å²) < 4.78 is 0. The molecule has 0 radical (unpaired) electrons. The van der Waals surface area contributed by atoms with Gasteiger partial charge in [0, 0.05) is 12.7 Å². The van der Waals surface area contributed by atoms with Crippen molar-refractivity contribution in [3.63, 3.8) is 0 Å². The second-order valence-corrected chi connectivity index (χ2v) is 3.31. The summed E-state index contributed by atoms with van der Waals surface area (Å²) >= 11 is 5.62. The third kappa shape index (κ3) is 2.33. The molecule has 1 rings (SSSR count). The summed E-state index contributed by atoms with van der Waals surface area (Å²) in [5.41, 5.74) is 11.2. The van der Waals surface area contributed by atoms with Crippen LogP contribution >= 0.6 is 11.6 Å². The zero-order chi connectivity index (χ0) is 10.7. The van der Waals surface area contributed by atoms with E-state index in [-0.39, 0.29) is 17.9 Å². The molecule has 78 valence electrons. The van der Waals surface area contributed by atoms with Crippen LogP contribution in [-0.4, -0.2) is 27.8 Å². The lowest BCUT2D eigenvalue weighted by Crippen LogP contribution is -2.28. The number of aliphatic hydroxyl groups excluding tert-OH is 2. The number of halogens is 1. The van der Waals surface area contributed by atoms with E-state index < -0.39 is 12.2 Å². The number of nitrogen functional groups attached to an aromatic ring is 1. The fraction of sp³-hybridized carbons (Fsp3) is 0.375. The first kappa shape index (κ1) is 11.2. The maximum Gasteiger partial charge on any atom is 0.125 e. The molecule has 1 aromatic rings. The lowest BCUT2D eigenvalue weighted by atomic mass is 10.1. The SMILES string of the molecule is NCC(O)C(O)c1ncc(Cl)cc1N. The Balaban J connectivity index is 2.95. The Morgan fingerprint density at radius 2 is 2.14 bits per heavy atom. The van der Waals surface area contributed by atoms with E-state index in [0.29, 0.717) is 5.02 Å². The van der Waals surface area contributed by atoms with Crippen molar-refractivity contribution >= 4 is 17.3 Å². The van der Waals surface area contributed by atoms with Gasteiger partial charge in [0.1, 0.15) is 6.10 Å². The summed E-state index contributed by atoms with van der Waals surface area (Å²) in [7, 11) is 0. The average Bonchev–Trinajstić information content (AvgIpc) is 2.15. The maximum absolute atomic E-state index is 9.55. The van der Waals surface area contributed by atoms with Gasteiger partial charge in [-0.1, -0.05) is 11.6 Å². The van der Waals surface area contributed by atoms with E-state index >= 15 is 0 Å². The van der Waals surface area contributed by atoms with Gasteiger partial charge in [-0.3, -0.25) is 4.98 Å². The van der Waals surface area contributed by atoms with E-state index in [0.717, 1.165) is 0 Å². The molecule has 14 heavy (non-hydrogen) atoms. The van der Waals surface area contributed by atoms with E-state index in [1.165, 1.54) is 12.3 Å². The molecule has 2 unspecified atom stereocenters. The van der Waals surface area contributed by atoms with Gasteiger partial charge in [0.25, 0.3) is 0 Å². The van der Waals surface area contributed by atoms with Crippen LogP contribution in [-0.2, 0) is 0 Å². The van der Waals surface area contributed by atoms with Gasteiger partial charge in [0.05, 0.1) is 22.5 Å². The van der Waals surface area contributed by atoms with Crippen molar-refractivity contribution < 1.29 is 10.2 Å². The number of aromatic nitrogens is 1. The topological polar surface area (TPSA) is 105 Å². The van der Waals surface area contributed by atoms with Gasteiger partial charge >= 0.3 is 0 Å². The molecular formula is C8H12ClN3O2. The molecule has 0 amide bonds. The van der Waals surface area contributed by atoms with Crippen molar-refractivity contribution in [2.24, 2.45) is 5.73 Å². The van der Waals surface area contributed by atoms with Crippen molar-refractivity contribution in [3.05, 3.63) is 23.0 Å². The quantitative estimate of drug-likeness (QED) is 0.555. The molecule has 0 aliphatic carbocycles. The predicted molar refractivity (Wildman–Crippen MR) is 53.7 cm³/mol. The highest BCUT2D eigenvalue weighted by Gasteiger charge is 2.20.